The van der Waals surface area contributed by atoms with E-state index in [4.69, 9.17) is 0 Å². The highest BCUT2D eigenvalue weighted by molar-refractivity contribution is 5.18. The van der Waals surface area contributed by atoms with Gasteiger partial charge in [0.2, 0.25) is 0 Å². The van der Waals surface area contributed by atoms with E-state index in [0.717, 1.165) is 6.42 Å². The van der Waals surface area contributed by atoms with Gasteiger partial charge in [0.05, 0.1) is 0 Å². The molecule has 0 aliphatic heterocycles. The molecule has 2 atom stereocenters. The number of rotatable bonds is 6. The van der Waals surface area contributed by atoms with Crippen LogP contribution in [0.5, 0.6) is 0 Å². The van der Waals surface area contributed by atoms with Gasteiger partial charge in [-0.1, -0.05) is 50.3 Å². The molecule has 1 aromatic carbocycles. The first-order valence-corrected chi connectivity index (χ1v) is 6.07. The molecule has 16 heavy (non-hydrogen) atoms. The molecule has 88 valence electrons. The van der Waals surface area contributed by atoms with Gasteiger partial charge in [-0.15, -0.1) is 6.58 Å². The maximum absolute atomic E-state index is 3.82. The van der Waals surface area contributed by atoms with Crippen LogP contribution in [-0.2, 0) is 0 Å². The Hall–Kier alpha value is -1.08. The van der Waals surface area contributed by atoms with Crippen LogP contribution >= 0.6 is 0 Å². The summed E-state index contributed by atoms with van der Waals surface area (Å²) in [5.74, 6) is 0.629. The van der Waals surface area contributed by atoms with Gasteiger partial charge in [0.15, 0.2) is 0 Å². The normalized spacial score (nSPS) is 14.8. The molecule has 0 aromatic heterocycles. The predicted octanol–water partition coefficient (Wildman–Crippen LogP) is 3.94. The van der Waals surface area contributed by atoms with E-state index in [2.05, 4.69) is 63.0 Å². The molecule has 1 heteroatoms. The second-order valence-electron chi connectivity index (χ2n) is 4.67. The van der Waals surface area contributed by atoms with Crippen molar-refractivity contribution < 1.29 is 0 Å². The largest absolute Gasteiger partial charge is 0.307 e. The van der Waals surface area contributed by atoms with Crippen molar-refractivity contribution in [2.75, 3.05) is 0 Å². The highest BCUT2D eigenvalue weighted by Gasteiger charge is 2.14. The fourth-order valence-electron chi connectivity index (χ4n) is 1.87. The van der Waals surface area contributed by atoms with E-state index in [1.165, 1.54) is 5.56 Å². The molecule has 2 unspecified atom stereocenters. The highest BCUT2D eigenvalue weighted by Crippen LogP contribution is 2.16. The summed E-state index contributed by atoms with van der Waals surface area (Å²) >= 11 is 0. The lowest BCUT2D eigenvalue weighted by Crippen LogP contribution is -2.35. The number of benzene rings is 1. The predicted molar refractivity (Wildman–Crippen MR) is 71.4 cm³/mol. The summed E-state index contributed by atoms with van der Waals surface area (Å²) < 4.78 is 0. The maximum atomic E-state index is 3.82. The van der Waals surface area contributed by atoms with E-state index in [-0.39, 0.29) is 0 Å². The summed E-state index contributed by atoms with van der Waals surface area (Å²) in [6.07, 6.45) is 3.02. The Morgan fingerprint density at radius 2 is 1.81 bits per heavy atom. The minimum Gasteiger partial charge on any atom is -0.307 e. The Labute approximate surface area is 99.6 Å². The molecular weight excluding hydrogens is 194 g/mol. The lowest BCUT2D eigenvalue weighted by molar-refractivity contribution is 0.367. The molecule has 1 nitrogen and oxygen atoms in total. The third-order valence-electron chi connectivity index (χ3n) is 2.99. The van der Waals surface area contributed by atoms with Gasteiger partial charge in [0.25, 0.3) is 0 Å². The molecule has 0 radical (unpaired) electrons. The molecule has 0 amide bonds. The number of hydrogen-bond donors (Lipinski definition) is 1. The van der Waals surface area contributed by atoms with Crippen molar-refractivity contribution in [3.63, 3.8) is 0 Å². The molecule has 0 saturated heterocycles. The third kappa shape index (κ3) is 3.82. The monoisotopic (exact) mass is 217 g/mol. The first-order chi connectivity index (χ1) is 7.65. The Morgan fingerprint density at radius 1 is 1.19 bits per heavy atom. The van der Waals surface area contributed by atoms with Crippen molar-refractivity contribution in [1.29, 1.82) is 0 Å². The van der Waals surface area contributed by atoms with Crippen LogP contribution in [0.25, 0.3) is 0 Å². The lowest BCUT2D eigenvalue weighted by Gasteiger charge is -2.25. The van der Waals surface area contributed by atoms with Gasteiger partial charge < -0.3 is 5.32 Å². The van der Waals surface area contributed by atoms with Gasteiger partial charge in [-0.25, -0.2) is 0 Å². The number of nitrogens with one attached hydrogen (secondary N) is 1. The van der Waals surface area contributed by atoms with Crippen LogP contribution in [0.15, 0.2) is 43.0 Å². The van der Waals surface area contributed by atoms with Crippen LogP contribution in [-0.4, -0.2) is 6.04 Å². The van der Waals surface area contributed by atoms with Gasteiger partial charge in [0, 0.05) is 12.1 Å². The minimum absolute atomic E-state index is 0.397. The smallest absolute Gasteiger partial charge is 0.0294 e. The Bertz CT molecular complexity index is 302. The van der Waals surface area contributed by atoms with Crippen LogP contribution in [0.4, 0.5) is 0 Å². The lowest BCUT2D eigenvalue weighted by atomic mass is 9.98. The van der Waals surface area contributed by atoms with Crippen LogP contribution < -0.4 is 5.32 Å². The van der Waals surface area contributed by atoms with Crippen molar-refractivity contribution in [2.24, 2.45) is 5.92 Å². The summed E-state index contributed by atoms with van der Waals surface area (Å²) in [7, 11) is 0. The molecule has 0 bridgehead atoms. The quantitative estimate of drug-likeness (QED) is 0.712. The van der Waals surface area contributed by atoms with E-state index in [9.17, 15) is 0 Å². The zero-order valence-corrected chi connectivity index (χ0v) is 10.6. The van der Waals surface area contributed by atoms with Crippen molar-refractivity contribution >= 4 is 0 Å². The van der Waals surface area contributed by atoms with Crippen molar-refractivity contribution in [1.82, 2.24) is 5.32 Å². The van der Waals surface area contributed by atoms with Crippen molar-refractivity contribution in [2.45, 2.75) is 39.3 Å². The van der Waals surface area contributed by atoms with Crippen LogP contribution in [0.3, 0.4) is 0 Å². The van der Waals surface area contributed by atoms with Gasteiger partial charge >= 0.3 is 0 Å². The molecule has 0 fully saturated rings. The molecule has 0 aliphatic rings. The van der Waals surface area contributed by atoms with Gasteiger partial charge in [-0.05, 0) is 24.8 Å². The summed E-state index contributed by atoms with van der Waals surface area (Å²) in [6.45, 7) is 10.5. The molecule has 0 heterocycles. The molecule has 0 saturated carbocycles. The van der Waals surface area contributed by atoms with Crippen LogP contribution in [0, 0.1) is 5.92 Å². The van der Waals surface area contributed by atoms with E-state index in [0.29, 0.717) is 18.0 Å². The Kier molecular flexibility index (Phi) is 5.27. The summed E-state index contributed by atoms with van der Waals surface area (Å²) in [5, 5.41) is 3.66. The molecule has 1 N–H and O–H groups in total. The molecule has 0 spiro atoms. The van der Waals surface area contributed by atoms with E-state index >= 15 is 0 Å². The zero-order chi connectivity index (χ0) is 12.0. The highest BCUT2D eigenvalue weighted by atomic mass is 14.9. The van der Waals surface area contributed by atoms with Gasteiger partial charge in [-0.3, -0.25) is 0 Å². The Morgan fingerprint density at radius 3 is 2.31 bits per heavy atom. The van der Waals surface area contributed by atoms with E-state index in [1.807, 2.05) is 6.08 Å². The standard InChI is InChI=1S/C15H23N/c1-5-9-15(12(2)3)16-13(4)14-10-7-6-8-11-14/h5-8,10-13,15-16H,1,9H2,2-4H3. The van der Waals surface area contributed by atoms with E-state index in [1.54, 1.807) is 0 Å². The topological polar surface area (TPSA) is 12.0 Å². The van der Waals surface area contributed by atoms with E-state index < -0.39 is 0 Å². The van der Waals surface area contributed by atoms with Gasteiger partial charge in [-0.2, -0.15) is 0 Å². The average Bonchev–Trinajstić information content (AvgIpc) is 2.29. The summed E-state index contributed by atoms with van der Waals surface area (Å²) in [5.41, 5.74) is 1.34. The molecule has 1 rings (SSSR count). The van der Waals surface area contributed by atoms with Crippen LogP contribution in [0.1, 0.15) is 38.8 Å². The third-order valence-corrected chi connectivity index (χ3v) is 2.99. The minimum atomic E-state index is 0.397. The first kappa shape index (κ1) is 13.0. The van der Waals surface area contributed by atoms with Crippen LogP contribution in [0.2, 0.25) is 0 Å². The fourth-order valence-corrected chi connectivity index (χ4v) is 1.87. The number of hydrogen-bond acceptors (Lipinski definition) is 1. The molecule has 0 aliphatic carbocycles. The Balaban J connectivity index is 2.61. The fraction of sp³-hybridized carbons (Fsp3) is 0.467. The van der Waals surface area contributed by atoms with Gasteiger partial charge in [0.1, 0.15) is 0 Å². The summed E-state index contributed by atoms with van der Waals surface area (Å²) in [6, 6.07) is 11.5. The zero-order valence-electron chi connectivity index (χ0n) is 10.6. The van der Waals surface area contributed by atoms with Crippen molar-refractivity contribution in [3.8, 4) is 0 Å². The second-order valence-corrected chi connectivity index (χ2v) is 4.67. The average molecular weight is 217 g/mol. The molecule has 1 aromatic rings. The maximum Gasteiger partial charge on any atom is 0.0294 e. The SMILES string of the molecule is C=CCC(NC(C)c1ccccc1)C(C)C. The van der Waals surface area contributed by atoms with Crippen molar-refractivity contribution in [3.05, 3.63) is 48.6 Å². The molecular formula is C15H23N. The first-order valence-electron chi connectivity index (χ1n) is 6.07. The second kappa shape index (κ2) is 6.49. The summed E-state index contributed by atoms with van der Waals surface area (Å²) in [4.78, 5) is 0.